The first kappa shape index (κ1) is 19.1. The molecule has 6 nitrogen and oxygen atoms in total. The van der Waals surface area contributed by atoms with E-state index >= 15 is 0 Å². The van der Waals surface area contributed by atoms with Gasteiger partial charge in [0.1, 0.15) is 5.60 Å². The molecule has 0 radical (unpaired) electrons. The Bertz CT molecular complexity index is 472. The quantitative estimate of drug-likeness (QED) is 0.884. The fraction of sp³-hybridized carbons (Fsp3) is 0.765. The third kappa shape index (κ3) is 6.03. The third-order valence-electron chi connectivity index (χ3n) is 4.23. The number of ether oxygens (including phenoxy) is 1. The molecular weight excluding hydrogens is 324 g/mol. The molecule has 0 aromatic carbocycles. The minimum absolute atomic E-state index is 0.217. The molecule has 2 saturated heterocycles. The first-order valence-corrected chi connectivity index (χ1v) is 9.54. The predicted molar refractivity (Wildman–Crippen MR) is 97.4 cm³/mol. The van der Waals surface area contributed by atoms with E-state index in [1.807, 2.05) is 33.2 Å². The summed E-state index contributed by atoms with van der Waals surface area (Å²) in [5, 5.41) is 5.37. The maximum atomic E-state index is 12.0. The molecule has 0 saturated carbocycles. The van der Waals surface area contributed by atoms with Gasteiger partial charge < -0.3 is 15.0 Å². The van der Waals surface area contributed by atoms with E-state index in [1.54, 1.807) is 27.9 Å². The van der Waals surface area contributed by atoms with Gasteiger partial charge in [0.15, 0.2) is 0 Å². The van der Waals surface area contributed by atoms with Crippen LogP contribution >= 0.6 is 11.3 Å². The van der Waals surface area contributed by atoms with Gasteiger partial charge in [-0.05, 0) is 33.6 Å². The Hall–Kier alpha value is -1.18. The zero-order chi connectivity index (χ0) is 17.6. The van der Waals surface area contributed by atoms with Gasteiger partial charge in [0.25, 0.3) is 0 Å². The second-order valence-electron chi connectivity index (χ2n) is 7.36. The van der Waals surface area contributed by atoms with Crippen molar-refractivity contribution in [3.8, 4) is 0 Å². The monoisotopic (exact) mass is 354 g/mol. The zero-order valence-corrected chi connectivity index (χ0v) is 16.0. The molecule has 1 aromatic heterocycles. The van der Waals surface area contributed by atoms with Crippen LogP contribution in [0.4, 0.5) is 4.79 Å². The Kier molecular flexibility index (Phi) is 7.01. The second-order valence-corrected chi connectivity index (χ2v) is 8.12. The Morgan fingerprint density at radius 3 is 2.83 bits per heavy atom. The number of likely N-dealkylation sites (N-methyl/N-ethyl adjacent to an activating group) is 1. The van der Waals surface area contributed by atoms with Crippen molar-refractivity contribution in [3.05, 3.63) is 17.1 Å². The number of rotatable bonds is 2. The number of hydrogen-bond donors (Lipinski definition) is 1. The highest BCUT2D eigenvalue weighted by molar-refractivity contribution is 7.07. The van der Waals surface area contributed by atoms with Crippen LogP contribution in [0.25, 0.3) is 0 Å². The van der Waals surface area contributed by atoms with Gasteiger partial charge in [-0.15, -0.1) is 11.3 Å². The molecule has 2 aliphatic rings. The molecule has 0 aliphatic carbocycles. The molecule has 1 amide bonds. The highest BCUT2D eigenvalue weighted by Crippen LogP contribution is 2.25. The van der Waals surface area contributed by atoms with Gasteiger partial charge in [-0.3, -0.25) is 9.88 Å². The number of thiazole rings is 1. The molecule has 0 spiro atoms. The zero-order valence-electron chi connectivity index (χ0n) is 15.2. The van der Waals surface area contributed by atoms with Gasteiger partial charge >= 0.3 is 6.09 Å². The number of nitrogens with zero attached hydrogens (tertiary/aromatic N) is 3. The van der Waals surface area contributed by atoms with E-state index in [4.69, 9.17) is 4.74 Å². The van der Waals surface area contributed by atoms with Crippen molar-refractivity contribution >= 4 is 17.4 Å². The molecule has 0 bridgehead atoms. The average Bonchev–Trinajstić information content (AvgIpc) is 3.19. The molecule has 3 rings (SSSR count). The lowest BCUT2D eigenvalue weighted by Gasteiger charge is -2.36. The number of amides is 1. The highest BCUT2D eigenvalue weighted by atomic mass is 32.1. The number of fused-ring (bicyclic) bond motifs is 1. The van der Waals surface area contributed by atoms with Gasteiger partial charge in [-0.1, -0.05) is 0 Å². The van der Waals surface area contributed by atoms with Crippen LogP contribution in [-0.4, -0.2) is 71.8 Å². The summed E-state index contributed by atoms with van der Waals surface area (Å²) in [4.78, 5) is 20.0. The van der Waals surface area contributed by atoms with E-state index in [2.05, 4.69) is 15.2 Å². The summed E-state index contributed by atoms with van der Waals surface area (Å²) in [7, 11) is 1.84. The van der Waals surface area contributed by atoms with Crippen LogP contribution < -0.4 is 5.32 Å². The van der Waals surface area contributed by atoms with Crippen LogP contribution in [-0.2, 0) is 4.74 Å². The first-order chi connectivity index (χ1) is 11.4. The highest BCUT2D eigenvalue weighted by Gasteiger charge is 2.36. The van der Waals surface area contributed by atoms with Crippen molar-refractivity contribution in [1.29, 1.82) is 0 Å². The van der Waals surface area contributed by atoms with Crippen molar-refractivity contribution < 1.29 is 9.53 Å². The van der Waals surface area contributed by atoms with Gasteiger partial charge in [-0.2, -0.15) is 0 Å². The van der Waals surface area contributed by atoms with E-state index < -0.39 is 5.60 Å². The number of piperazine rings is 1. The molecule has 1 aromatic rings. The minimum Gasteiger partial charge on any atom is -0.444 e. The van der Waals surface area contributed by atoms with Crippen LogP contribution in [0.1, 0.15) is 33.6 Å². The van der Waals surface area contributed by atoms with E-state index in [9.17, 15) is 4.79 Å². The number of carbonyl (C=O) groups is 1. The topological polar surface area (TPSA) is 57.7 Å². The molecule has 7 heteroatoms. The van der Waals surface area contributed by atoms with E-state index in [0.717, 1.165) is 26.2 Å². The number of carbonyl (C=O) groups excluding carboxylic acids is 1. The van der Waals surface area contributed by atoms with Crippen molar-refractivity contribution in [1.82, 2.24) is 20.1 Å². The molecule has 1 N–H and O–H groups in total. The molecule has 2 aliphatic heterocycles. The summed E-state index contributed by atoms with van der Waals surface area (Å²) in [6, 6.07) is 1.15. The average molecular weight is 355 g/mol. The summed E-state index contributed by atoms with van der Waals surface area (Å²) >= 11 is 1.60. The van der Waals surface area contributed by atoms with Crippen molar-refractivity contribution in [3.63, 3.8) is 0 Å². The smallest absolute Gasteiger partial charge is 0.410 e. The fourth-order valence-corrected chi connectivity index (χ4v) is 3.53. The van der Waals surface area contributed by atoms with Crippen molar-refractivity contribution in [2.75, 3.05) is 33.2 Å². The lowest BCUT2D eigenvalue weighted by Crippen LogP contribution is -2.53. The first-order valence-electron chi connectivity index (χ1n) is 8.59. The fourth-order valence-electron chi connectivity index (χ4n) is 3.18. The Balaban J connectivity index is 0.000000355. The molecule has 2 fully saturated rings. The molecule has 2 unspecified atom stereocenters. The molecule has 2 atom stereocenters. The number of aromatic nitrogens is 1. The molecular formula is C17H30N4O2S. The summed E-state index contributed by atoms with van der Waals surface area (Å²) in [6.07, 6.45) is 3.97. The summed E-state index contributed by atoms with van der Waals surface area (Å²) < 4.78 is 5.40. The minimum atomic E-state index is -0.418. The summed E-state index contributed by atoms with van der Waals surface area (Å²) in [6.45, 7) is 9.72. The summed E-state index contributed by atoms with van der Waals surface area (Å²) in [5.41, 5.74) is 1.37. The normalized spacial score (nSPS) is 23.8. The van der Waals surface area contributed by atoms with E-state index in [1.165, 1.54) is 12.8 Å². The van der Waals surface area contributed by atoms with Crippen LogP contribution in [0.15, 0.2) is 17.1 Å². The number of hydrogen-bond acceptors (Lipinski definition) is 6. The predicted octanol–water partition coefficient (Wildman–Crippen LogP) is 2.43. The maximum absolute atomic E-state index is 12.0. The SMILES string of the molecule is CN(CC1CCC2CNCCN21)C(=O)OC(C)(C)C.c1cscn1. The van der Waals surface area contributed by atoms with Crippen molar-refractivity contribution in [2.45, 2.75) is 51.3 Å². The molecule has 24 heavy (non-hydrogen) atoms. The summed E-state index contributed by atoms with van der Waals surface area (Å²) in [5.74, 6) is 0. The van der Waals surface area contributed by atoms with Crippen molar-refractivity contribution in [2.24, 2.45) is 0 Å². The van der Waals surface area contributed by atoms with Gasteiger partial charge in [0.2, 0.25) is 0 Å². The van der Waals surface area contributed by atoms with Crippen LogP contribution in [0, 0.1) is 0 Å². The van der Waals surface area contributed by atoms with Gasteiger partial charge in [-0.25, -0.2) is 4.79 Å². The van der Waals surface area contributed by atoms with Crippen LogP contribution in [0.3, 0.4) is 0 Å². The van der Waals surface area contributed by atoms with E-state index in [-0.39, 0.29) is 6.09 Å². The second kappa shape index (κ2) is 8.78. The molecule has 3 heterocycles. The lowest BCUT2D eigenvalue weighted by atomic mass is 10.2. The Morgan fingerprint density at radius 2 is 2.25 bits per heavy atom. The Morgan fingerprint density at radius 1 is 1.46 bits per heavy atom. The van der Waals surface area contributed by atoms with Gasteiger partial charge in [0, 0.05) is 56.9 Å². The van der Waals surface area contributed by atoms with Crippen LogP contribution in [0.5, 0.6) is 0 Å². The van der Waals surface area contributed by atoms with Gasteiger partial charge in [0.05, 0.1) is 5.51 Å². The lowest BCUT2D eigenvalue weighted by molar-refractivity contribution is 0.0242. The maximum Gasteiger partial charge on any atom is 0.410 e. The standard InChI is InChI=1S/C14H27N3O2.C3H3NS/c1-14(2,3)19-13(18)16(4)10-12-6-5-11-9-15-7-8-17(11)12;1-2-5-3-4-1/h11-12,15H,5-10H2,1-4H3;1-3H. The third-order valence-corrected chi connectivity index (χ3v) is 4.76. The van der Waals surface area contributed by atoms with E-state index in [0.29, 0.717) is 12.1 Å². The Labute approximate surface area is 149 Å². The largest absolute Gasteiger partial charge is 0.444 e. The number of nitrogens with one attached hydrogen (secondary N) is 1. The van der Waals surface area contributed by atoms with Crippen LogP contribution in [0.2, 0.25) is 0 Å². The molecule has 136 valence electrons.